The number of hydrazone groups is 1. The van der Waals surface area contributed by atoms with Crippen molar-refractivity contribution >= 4 is 32.2 Å². The maximum Gasteiger partial charge on any atom is 0.276 e. The Bertz CT molecular complexity index is 1340. The lowest BCUT2D eigenvalue weighted by molar-refractivity contribution is 0.579. The Kier molecular flexibility index (Phi) is 5.10. The van der Waals surface area contributed by atoms with E-state index < -0.39 is 10.0 Å². The standard InChI is InChI=1S/C25H24N4O2S/c1-17-6-11-22(12-7-17)32(30,31)28-27-19-14-20-9-10-21(15-19)29(20)25-13-8-18(16-26)23-4-2-3-5-24(23)25/h2-8,11-13,20-21,28H,9-10,14-15H2,1H3. The van der Waals surface area contributed by atoms with E-state index in [1.54, 1.807) is 24.3 Å². The lowest BCUT2D eigenvalue weighted by atomic mass is 9.96. The summed E-state index contributed by atoms with van der Waals surface area (Å²) in [6.45, 7) is 1.92. The fourth-order valence-corrected chi connectivity index (χ4v) is 5.82. The van der Waals surface area contributed by atoms with Crippen LogP contribution in [-0.2, 0) is 10.0 Å². The number of hydrogen-bond acceptors (Lipinski definition) is 5. The van der Waals surface area contributed by atoms with E-state index in [0.717, 1.165) is 53.4 Å². The molecule has 2 aliphatic rings. The SMILES string of the molecule is Cc1ccc(S(=O)(=O)NN=C2CC3CCC(C2)N3c2ccc(C#N)c3ccccc23)cc1. The molecule has 2 aliphatic heterocycles. The Balaban J connectivity index is 1.39. The van der Waals surface area contributed by atoms with E-state index in [0.29, 0.717) is 5.56 Å². The van der Waals surface area contributed by atoms with Gasteiger partial charge in [-0.1, -0.05) is 42.0 Å². The van der Waals surface area contributed by atoms with Crippen molar-refractivity contribution in [2.75, 3.05) is 4.90 Å². The van der Waals surface area contributed by atoms with Gasteiger partial charge in [0.1, 0.15) is 0 Å². The van der Waals surface area contributed by atoms with Crippen LogP contribution in [0.3, 0.4) is 0 Å². The first kappa shape index (κ1) is 20.5. The molecule has 0 radical (unpaired) electrons. The molecule has 2 saturated heterocycles. The summed E-state index contributed by atoms with van der Waals surface area (Å²) in [5.41, 5.74) is 3.73. The normalized spacial score (nSPS) is 20.2. The van der Waals surface area contributed by atoms with Gasteiger partial charge in [0.05, 0.1) is 16.5 Å². The number of anilines is 1. The molecule has 2 heterocycles. The largest absolute Gasteiger partial charge is 0.364 e. The Morgan fingerprint density at radius 2 is 1.62 bits per heavy atom. The third kappa shape index (κ3) is 3.61. The summed E-state index contributed by atoms with van der Waals surface area (Å²) in [6, 6.07) is 21.6. The average Bonchev–Trinajstić information content (AvgIpc) is 3.06. The van der Waals surface area contributed by atoms with Gasteiger partial charge in [-0.25, -0.2) is 4.83 Å². The summed E-state index contributed by atoms with van der Waals surface area (Å²) in [7, 11) is -3.67. The van der Waals surface area contributed by atoms with Crippen molar-refractivity contribution in [3.8, 4) is 6.07 Å². The smallest absolute Gasteiger partial charge is 0.276 e. The molecule has 1 N–H and O–H groups in total. The van der Waals surface area contributed by atoms with E-state index in [9.17, 15) is 13.7 Å². The minimum absolute atomic E-state index is 0.219. The first-order chi connectivity index (χ1) is 15.5. The van der Waals surface area contributed by atoms with Gasteiger partial charge in [0.25, 0.3) is 10.0 Å². The average molecular weight is 445 g/mol. The second kappa shape index (κ2) is 7.95. The minimum atomic E-state index is -3.67. The van der Waals surface area contributed by atoms with Gasteiger partial charge in [0, 0.05) is 47.1 Å². The number of rotatable bonds is 4. The van der Waals surface area contributed by atoms with E-state index in [1.807, 2.05) is 31.2 Å². The molecule has 0 aliphatic carbocycles. The van der Waals surface area contributed by atoms with Crippen LogP contribution in [0.2, 0.25) is 0 Å². The Labute approximate surface area is 188 Å². The number of hydrogen-bond donors (Lipinski definition) is 1. The van der Waals surface area contributed by atoms with Crippen LogP contribution in [0.15, 0.2) is 70.7 Å². The highest BCUT2D eigenvalue weighted by Crippen LogP contribution is 2.41. The van der Waals surface area contributed by atoms with Crippen LogP contribution >= 0.6 is 0 Å². The second-order valence-electron chi connectivity index (χ2n) is 8.58. The maximum absolute atomic E-state index is 12.6. The number of nitrogens with one attached hydrogen (secondary N) is 1. The maximum atomic E-state index is 12.6. The van der Waals surface area contributed by atoms with Gasteiger partial charge in [-0.3, -0.25) is 0 Å². The van der Waals surface area contributed by atoms with Crippen molar-refractivity contribution in [1.29, 1.82) is 5.26 Å². The summed E-state index contributed by atoms with van der Waals surface area (Å²) in [5.74, 6) is 0. The van der Waals surface area contributed by atoms with Gasteiger partial charge in [-0.2, -0.15) is 18.8 Å². The predicted octanol–water partition coefficient (Wildman–Crippen LogP) is 4.49. The quantitative estimate of drug-likeness (QED) is 0.601. The third-order valence-electron chi connectivity index (χ3n) is 6.52. The van der Waals surface area contributed by atoms with E-state index in [1.165, 1.54) is 0 Å². The van der Waals surface area contributed by atoms with E-state index in [4.69, 9.17) is 0 Å². The third-order valence-corrected chi connectivity index (χ3v) is 7.74. The summed E-state index contributed by atoms with van der Waals surface area (Å²) < 4.78 is 25.2. The van der Waals surface area contributed by atoms with E-state index >= 15 is 0 Å². The lowest BCUT2D eigenvalue weighted by Crippen LogP contribution is -2.44. The molecule has 0 saturated carbocycles. The Morgan fingerprint density at radius 1 is 0.969 bits per heavy atom. The highest BCUT2D eigenvalue weighted by Gasteiger charge is 2.40. The number of benzene rings is 3. The van der Waals surface area contributed by atoms with Gasteiger partial charge < -0.3 is 4.90 Å². The zero-order valence-electron chi connectivity index (χ0n) is 17.8. The van der Waals surface area contributed by atoms with Gasteiger partial charge in [-0.15, -0.1) is 0 Å². The summed E-state index contributed by atoms with van der Waals surface area (Å²) >= 11 is 0. The van der Waals surface area contributed by atoms with Crippen molar-refractivity contribution in [2.45, 2.75) is 49.6 Å². The zero-order chi connectivity index (χ0) is 22.3. The van der Waals surface area contributed by atoms with Crippen molar-refractivity contribution < 1.29 is 8.42 Å². The minimum Gasteiger partial charge on any atom is -0.364 e. The summed E-state index contributed by atoms with van der Waals surface area (Å²) in [4.78, 5) is 5.11. The Hall–Kier alpha value is -3.37. The molecule has 0 aromatic heterocycles. The zero-order valence-corrected chi connectivity index (χ0v) is 18.6. The number of sulfonamides is 1. The molecule has 3 aromatic rings. The van der Waals surface area contributed by atoms with Gasteiger partial charge >= 0.3 is 0 Å². The molecule has 162 valence electrons. The van der Waals surface area contributed by atoms with Gasteiger partial charge in [-0.05, 0) is 44.0 Å². The highest BCUT2D eigenvalue weighted by atomic mass is 32.2. The molecule has 7 heteroatoms. The van der Waals surface area contributed by atoms with Crippen LogP contribution < -0.4 is 9.73 Å². The molecule has 2 fully saturated rings. The van der Waals surface area contributed by atoms with Crippen molar-refractivity contribution in [1.82, 2.24) is 4.83 Å². The monoisotopic (exact) mass is 444 g/mol. The topological polar surface area (TPSA) is 85.6 Å². The molecule has 6 nitrogen and oxygen atoms in total. The van der Waals surface area contributed by atoms with Crippen molar-refractivity contribution in [2.24, 2.45) is 5.10 Å². The molecule has 3 aromatic carbocycles. The molecule has 32 heavy (non-hydrogen) atoms. The molecular weight excluding hydrogens is 420 g/mol. The van der Waals surface area contributed by atoms with Crippen LogP contribution in [0.5, 0.6) is 0 Å². The van der Waals surface area contributed by atoms with Gasteiger partial charge in [0.15, 0.2) is 0 Å². The van der Waals surface area contributed by atoms with E-state index in [2.05, 4.69) is 33.0 Å². The molecule has 2 atom stereocenters. The summed E-state index contributed by atoms with van der Waals surface area (Å²) in [6.07, 6.45) is 3.54. The lowest BCUT2D eigenvalue weighted by Gasteiger charge is -2.38. The highest BCUT2D eigenvalue weighted by molar-refractivity contribution is 7.89. The van der Waals surface area contributed by atoms with Crippen LogP contribution in [0, 0.1) is 18.3 Å². The van der Waals surface area contributed by atoms with Crippen LogP contribution in [-0.4, -0.2) is 26.2 Å². The first-order valence-corrected chi connectivity index (χ1v) is 12.3. The number of piperidine rings is 1. The van der Waals surface area contributed by atoms with Crippen LogP contribution in [0.25, 0.3) is 10.8 Å². The fourth-order valence-electron chi connectivity index (χ4n) is 4.97. The predicted molar refractivity (Wildman–Crippen MR) is 126 cm³/mol. The van der Waals surface area contributed by atoms with Crippen molar-refractivity contribution in [3.05, 3.63) is 71.8 Å². The Morgan fingerprint density at radius 3 is 2.28 bits per heavy atom. The number of aryl methyl sites for hydroxylation is 1. The summed E-state index contributed by atoms with van der Waals surface area (Å²) in [5, 5.41) is 15.9. The molecular formula is C25H24N4O2S. The number of nitrogens with zero attached hydrogens (tertiary/aromatic N) is 3. The van der Waals surface area contributed by atoms with Crippen LogP contribution in [0.1, 0.15) is 36.8 Å². The fraction of sp³-hybridized carbons (Fsp3) is 0.280. The van der Waals surface area contributed by atoms with Gasteiger partial charge in [0.2, 0.25) is 0 Å². The molecule has 5 rings (SSSR count). The second-order valence-corrected chi connectivity index (χ2v) is 10.2. The number of fused-ring (bicyclic) bond motifs is 3. The van der Waals surface area contributed by atoms with Crippen molar-refractivity contribution in [3.63, 3.8) is 0 Å². The molecule has 0 amide bonds. The molecule has 0 spiro atoms. The van der Waals surface area contributed by atoms with E-state index in [-0.39, 0.29) is 17.0 Å². The first-order valence-electron chi connectivity index (χ1n) is 10.8. The molecule has 2 unspecified atom stereocenters. The molecule has 2 bridgehead atoms. The van der Waals surface area contributed by atoms with Crippen LogP contribution in [0.4, 0.5) is 5.69 Å². The number of nitriles is 1.